The monoisotopic (exact) mass is 333 g/mol. The number of nitrogens with zero attached hydrogens (tertiary/aromatic N) is 2. The molecule has 0 spiro atoms. The topological polar surface area (TPSA) is 114 Å². The summed E-state index contributed by atoms with van der Waals surface area (Å²) in [6, 6.07) is 0. The number of amidine groups is 1. The Labute approximate surface area is 134 Å². The van der Waals surface area contributed by atoms with Gasteiger partial charge in [-0.25, -0.2) is 14.7 Å². The Morgan fingerprint density at radius 1 is 1.41 bits per heavy atom. The first-order chi connectivity index (χ1) is 10.1. The zero-order valence-corrected chi connectivity index (χ0v) is 14.1. The predicted octanol–water partition coefficient (Wildman–Crippen LogP) is 1.51. The zero-order valence-electron chi connectivity index (χ0n) is 13.3. The molecule has 1 aliphatic heterocycles. The first-order valence-electron chi connectivity index (χ1n) is 6.98. The number of aliphatic carboxylic acids is 1. The normalized spacial score (nSPS) is 17.9. The number of hydrogen-bond donors (Lipinski definition) is 2. The van der Waals surface area contributed by atoms with Gasteiger partial charge in [-0.3, -0.25) is 0 Å². The van der Waals surface area contributed by atoms with Gasteiger partial charge in [0, 0.05) is 6.54 Å². The third-order valence-electron chi connectivity index (χ3n) is 2.98. The minimum atomic E-state index is -2.03. The van der Waals surface area contributed by atoms with E-state index in [0.717, 1.165) is 18.1 Å². The fourth-order valence-corrected chi connectivity index (χ4v) is 2.23. The van der Waals surface area contributed by atoms with Crippen LogP contribution >= 0.6 is 12.2 Å². The molecule has 1 heterocycles. The van der Waals surface area contributed by atoms with Gasteiger partial charge in [0.25, 0.3) is 0 Å². The number of carbonyl (C=O) groups is 2. The molecule has 0 amide bonds. The molecule has 126 valence electrons. The van der Waals surface area contributed by atoms with E-state index in [1.165, 1.54) is 0 Å². The Hall–Kier alpha value is -1.32. The molecule has 0 aliphatic carbocycles. The van der Waals surface area contributed by atoms with E-state index in [4.69, 9.17) is 14.8 Å². The summed E-state index contributed by atoms with van der Waals surface area (Å²) in [5.74, 6) is -1.56. The van der Waals surface area contributed by atoms with Crippen molar-refractivity contribution in [2.24, 2.45) is 10.1 Å². The molecule has 0 aromatic rings. The van der Waals surface area contributed by atoms with Gasteiger partial charge in [0.2, 0.25) is 5.54 Å². The lowest BCUT2D eigenvalue weighted by Gasteiger charge is -2.28. The van der Waals surface area contributed by atoms with Crippen LogP contribution < -0.4 is 5.73 Å². The molecular formula is C13H23N3O5S. The number of hydroxylamine groups is 2. The average molecular weight is 333 g/mol. The Bertz CT molecular complexity index is 463. The second-order valence-electron chi connectivity index (χ2n) is 6.13. The van der Waals surface area contributed by atoms with E-state index in [1.54, 1.807) is 25.8 Å². The fourth-order valence-electron chi connectivity index (χ4n) is 1.73. The molecule has 3 N–H and O–H groups in total. The van der Waals surface area contributed by atoms with Crippen molar-refractivity contribution in [1.29, 1.82) is 0 Å². The third-order valence-corrected chi connectivity index (χ3v) is 3.57. The molecule has 0 fully saturated rings. The smallest absolute Gasteiger partial charge is 0.338 e. The molecule has 9 heteroatoms. The van der Waals surface area contributed by atoms with Crippen molar-refractivity contribution in [3.05, 3.63) is 0 Å². The largest absolute Gasteiger partial charge is 0.479 e. The van der Waals surface area contributed by atoms with Crippen LogP contribution in [0.25, 0.3) is 0 Å². The maximum absolute atomic E-state index is 12.0. The molecule has 0 radical (unpaired) electrons. The second-order valence-corrected chi connectivity index (χ2v) is 6.61. The number of carboxylic acids is 1. The molecule has 1 unspecified atom stereocenters. The van der Waals surface area contributed by atoms with Crippen LogP contribution in [0.2, 0.25) is 0 Å². The lowest BCUT2D eigenvalue weighted by atomic mass is 9.93. The van der Waals surface area contributed by atoms with Crippen LogP contribution in [-0.2, 0) is 18.6 Å². The van der Waals surface area contributed by atoms with E-state index in [1.807, 2.05) is 6.92 Å². The van der Waals surface area contributed by atoms with Gasteiger partial charge in [0.1, 0.15) is 11.4 Å². The molecule has 22 heavy (non-hydrogen) atoms. The highest BCUT2D eigenvalue weighted by molar-refractivity contribution is 7.93. The molecule has 0 saturated carbocycles. The van der Waals surface area contributed by atoms with Gasteiger partial charge in [-0.2, -0.15) is 8.68 Å². The van der Waals surface area contributed by atoms with E-state index in [-0.39, 0.29) is 6.42 Å². The number of rotatable bonds is 7. The summed E-state index contributed by atoms with van der Waals surface area (Å²) in [7, 11) is 0. The number of nitrogens with two attached hydrogens (primary N) is 1. The fraction of sp³-hybridized carbons (Fsp3) is 0.769. The van der Waals surface area contributed by atoms with Crippen LogP contribution in [0.3, 0.4) is 0 Å². The van der Waals surface area contributed by atoms with Crippen molar-refractivity contribution in [2.45, 2.75) is 58.1 Å². The van der Waals surface area contributed by atoms with Gasteiger partial charge in [0.15, 0.2) is 12.2 Å². The molecule has 1 atom stereocenters. The van der Waals surface area contributed by atoms with E-state index < -0.39 is 23.1 Å². The second kappa shape index (κ2) is 7.30. The summed E-state index contributed by atoms with van der Waals surface area (Å²) in [4.78, 5) is 23.4. The molecule has 0 aromatic heterocycles. The van der Waals surface area contributed by atoms with Gasteiger partial charge < -0.3 is 15.6 Å². The summed E-state index contributed by atoms with van der Waals surface area (Å²) in [6.07, 6.45) is 1.05. The van der Waals surface area contributed by atoms with Gasteiger partial charge in [-0.1, -0.05) is 0 Å². The number of carboxylic acid groups (broad SMARTS) is 1. The van der Waals surface area contributed by atoms with E-state index >= 15 is 0 Å². The number of ether oxygens (including phenoxy) is 1. The van der Waals surface area contributed by atoms with E-state index in [9.17, 15) is 14.7 Å². The molecule has 0 bridgehead atoms. The van der Waals surface area contributed by atoms with Crippen molar-refractivity contribution in [3.63, 3.8) is 0 Å². The van der Waals surface area contributed by atoms with Gasteiger partial charge in [0.05, 0.1) is 0 Å². The minimum Gasteiger partial charge on any atom is -0.479 e. The Morgan fingerprint density at radius 2 is 2.05 bits per heavy atom. The Morgan fingerprint density at radius 3 is 2.50 bits per heavy atom. The highest BCUT2D eigenvalue weighted by Crippen LogP contribution is 2.21. The molecule has 1 rings (SSSR count). The van der Waals surface area contributed by atoms with E-state index in [0.29, 0.717) is 19.4 Å². The summed E-state index contributed by atoms with van der Waals surface area (Å²) in [5.41, 5.74) is 2.95. The molecule has 0 aromatic carbocycles. The van der Waals surface area contributed by atoms with Crippen molar-refractivity contribution in [2.75, 3.05) is 6.54 Å². The molecule has 8 nitrogen and oxygen atoms in total. The van der Waals surface area contributed by atoms with E-state index in [2.05, 4.69) is 4.40 Å². The number of unbranched alkanes of at least 4 members (excludes halogenated alkanes) is 1. The van der Waals surface area contributed by atoms with Crippen LogP contribution in [0.15, 0.2) is 4.40 Å². The quantitative estimate of drug-likeness (QED) is 0.237. The summed E-state index contributed by atoms with van der Waals surface area (Å²) >= 11 is 0.991. The number of esters is 1. The zero-order chi connectivity index (χ0) is 17.0. The Balaban J connectivity index is 2.51. The van der Waals surface area contributed by atoms with Gasteiger partial charge >= 0.3 is 11.9 Å². The van der Waals surface area contributed by atoms with Crippen LogP contribution in [0.5, 0.6) is 0 Å². The van der Waals surface area contributed by atoms with Gasteiger partial charge in [-0.05, 0) is 47.0 Å². The molecule has 0 saturated heterocycles. The number of hydrogen-bond acceptors (Lipinski definition) is 8. The van der Waals surface area contributed by atoms with Crippen LogP contribution in [0.1, 0.15) is 47.0 Å². The maximum Gasteiger partial charge on any atom is 0.338 e. The molecule has 1 aliphatic rings. The van der Waals surface area contributed by atoms with Crippen molar-refractivity contribution < 1.29 is 23.7 Å². The third kappa shape index (κ3) is 5.15. The van der Waals surface area contributed by atoms with Gasteiger partial charge in [-0.15, -0.1) is 0 Å². The minimum absolute atomic E-state index is 0.00554. The van der Waals surface area contributed by atoms with Crippen LogP contribution in [-0.4, -0.2) is 45.6 Å². The Kier molecular flexibility index (Phi) is 6.21. The summed E-state index contributed by atoms with van der Waals surface area (Å²) in [6.45, 7) is 7.35. The summed E-state index contributed by atoms with van der Waals surface area (Å²) in [5, 5.41) is 10.9. The first-order valence-corrected chi connectivity index (χ1v) is 7.68. The highest BCUT2D eigenvalue weighted by Gasteiger charge is 2.44. The lowest BCUT2D eigenvalue weighted by Crippen LogP contribution is -2.57. The maximum atomic E-state index is 12.0. The highest BCUT2D eigenvalue weighted by atomic mass is 32.2. The average Bonchev–Trinajstić information content (AvgIpc) is 2.77. The summed E-state index contributed by atoms with van der Waals surface area (Å²) < 4.78 is 14.3. The van der Waals surface area contributed by atoms with Crippen LogP contribution in [0.4, 0.5) is 0 Å². The van der Waals surface area contributed by atoms with Crippen molar-refractivity contribution >= 4 is 30.0 Å². The number of carbonyl (C=O) groups excluding carboxylic acids is 1. The molecular weight excluding hydrogens is 310 g/mol. The van der Waals surface area contributed by atoms with Crippen molar-refractivity contribution in [3.8, 4) is 0 Å². The SMILES string of the molecule is CC1=NSON1CCCCC(N)(C(=O)O)C(=O)OC(C)(C)C. The van der Waals surface area contributed by atoms with Crippen molar-refractivity contribution in [1.82, 2.24) is 5.06 Å². The predicted molar refractivity (Wildman–Crippen MR) is 82.7 cm³/mol. The lowest BCUT2D eigenvalue weighted by molar-refractivity contribution is -0.169. The first kappa shape index (κ1) is 18.7. The van der Waals surface area contributed by atoms with Crippen LogP contribution in [0, 0.1) is 0 Å². The standard InChI is InChI=1S/C13H23N3O5S/c1-9-15-22-21-16(9)8-6-5-7-13(14,10(17)18)11(19)20-12(2,3)4/h5-8,14H2,1-4H3,(H,17,18).